The summed E-state index contributed by atoms with van der Waals surface area (Å²) < 4.78 is 30.5. The van der Waals surface area contributed by atoms with Crippen molar-refractivity contribution in [2.75, 3.05) is 0 Å². The lowest BCUT2D eigenvalue weighted by atomic mass is 10.1. The molecule has 1 saturated carbocycles. The molecule has 1 heterocycles. The first kappa shape index (κ1) is 19.1. The smallest absolute Gasteiger partial charge is 0.387 e. The van der Waals surface area contributed by atoms with Gasteiger partial charge in [-0.15, -0.1) is 11.3 Å². The number of aromatic hydroxyl groups is 2. The molecule has 2 aromatic carbocycles. The van der Waals surface area contributed by atoms with E-state index in [1.54, 1.807) is 29.1 Å². The van der Waals surface area contributed by atoms with Crippen LogP contribution in [0.5, 0.6) is 17.2 Å². The van der Waals surface area contributed by atoms with E-state index in [-0.39, 0.29) is 23.3 Å². The number of benzene rings is 2. The zero-order valence-corrected chi connectivity index (χ0v) is 15.9. The molecule has 0 amide bonds. The Labute approximate surface area is 168 Å². The average Bonchev–Trinajstić information content (AvgIpc) is 3.41. The second-order valence-corrected chi connectivity index (χ2v) is 7.31. The first-order valence-corrected chi connectivity index (χ1v) is 9.73. The Kier molecular flexibility index (Phi) is 5.30. The van der Waals surface area contributed by atoms with Crippen LogP contribution in [0.15, 0.2) is 57.9 Å². The topological polar surface area (TPSA) is 79.3 Å². The van der Waals surface area contributed by atoms with Gasteiger partial charge >= 0.3 is 6.61 Å². The maximum absolute atomic E-state index is 12.3. The Balaban J connectivity index is 1.70. The lowest BCUT2D eigenvalue weighted by Crippen LogP contribution is -2.13. The third-order valence-corrected chi connectivity index (χ3v) is 5.04. The molecule has 0 unspecified atom stereocenters. The molecule has 1 aliphatic carbocycles. The normalized spacial score (nSPS) is 14.8. The first-order chi connectivity index (χ1) is 14.0. The fourth-order valence-electron chi connectivity index (χ4n) is 2.64. The van der Waals surface area contributed by atoms with Crippen LogP contribution < -0.4 is 9.54 Å². The van der Waals surface area contributed by atoms with E-state index in [4.69, 9.17) is 0 Å². The average molecular weight is 417 g/mol. The molecule has 1 aliphatic rings. The van der Waals surface area contributed by atoms with Gasteiger partial charge in [0.2, 0.25) is 4.80 Å². The molecule has 29 heavy (non-hydrogen) atoms. The molecule has 0 saturated heterocycles. The van der Waals surface area contributed by atoms with Crippen LogP contribution in [0.2, 0.25) is 0 Å². The van der Waals surface area contributed by atoms with Crippen LogP contribution in [-0.4, -0.2) is 33.8 Å². The zero-order valence-electron chi connectivity index (χ0n) is 15.1. The van der Waals surface area contributed by atoms with Crippen LogP contribution in [0, 0.1) is 0 Å². The number of thiazole rings is 1. The number of hydrogen-bond donors (Lipinski definition) is 2. The number of nitrogens with zero attached hydrogens (tertiary/aromatic N) is 3. The molecule has 0 aliphatic heterocycles. The maximum Gasteiger partial charge on any atom is 0.387 e. The highest BCUT2D eigenvalue weighted by Crippen LogP contribution is 2.32. The number of hydrogen-bond acceptors (Lipinski definition) is 6. The van der Waals surface area contributed by atoms with Crippen molar-refractivity contribution in [1.82, 2.24) is 4.68 Å². The maximum atomic E-state index is 12.3. The van der Waals surface area contributed by atoms with Gasteiger partial charge in [-0.3, -0.25) is 4.99 Å². The van der Waals surface area contributed by atoms with Crippen molar-refractivity contribution in [1.29, 1.82) is 0 Å². The lowest BCUT2D eigenvalue weighted by Gasteiger charge is -2.07. The number of phenolic OH excluding ortho intramolecular Hbond substituents is 2. The summed E-state index contributed by atoms with van der Waals surface area (Å²) in [6.45, 7) is -2.87. The molecule has 0 radical (unpaired) electrons. The van der Waals surface area contributed by atoms with Gasteiger partial charge in [-0.05, 0) is 54.8 Å². The minimum Gasteiger partial charge on any atom is -0.508 e. The Morgan fingerprint density at radius 2 is 1.90 bits per heavy atom. The van der Waals surface area contributed by atoms with Crippen molar-refractivity contribution in [3.8, 4) is 28.5 Å². The van der Waals surface area contributed by atoms with Crippen LogP contribution in [-0.2, 0) is 0 Å². The summed E-state index contributed by atoms with van der Waals surface area (Å²) in [6.07, 6.45) is 3.64. The van der Waals surface area contributed by atoms with Gasteiger partial charge in [0, 0.05) is 17.0 Å². The molecule has 150 valence electrons. The SMILES string of the molecule is Oc1ccc(-c2csc(=NC3CC3)n2/N=C/c2ccc(OC(F)F)cc2)c(O)c1. The molecule has 1 fully saturated rings. The number of phenols is 2. The largest absolute Gasteiger partial charge is 0.508 e. The van der Waals surface area contributed by atoms with E-state index in [1.807, 2.05) is 5.38 Å². The Bertz CT molecular complexity index is 1100. The van der Waals surface area contributed by atoms with E-state index in [0.717, 1.165) is 12.8 Å². The summed E-state index contributed by atoms with van der Waals surface area (Å²) in [6, 6.07) is 10.7. The van der Waals surface area contributed by atoms with Crippen molar-refractivity contribution in [3.63, 3.8) is 0 Å². The predicted molar refractivity (Wildman–Crippen MR) is 106 cm³/mol. The second-order valence-electron chi connectivity index (χ2n) is 6.47. The van der Waals surface area contributed by atoms with Crippen LogP contribution in [0.4, 0.5) is 8.78 Å². The van der Waals surface area contributed by atoms with E-state index in [1.165, 1.54) is 35.6 Å². The van der Waals surface area contributed by atoms with Gasteiger partial charge in [0.1, 0.15) is 17.2 Å². The van der Waals surface area contributed by atoms with Gasteiger partial charge in [-0.25, -0.2) is 4.68 Å². The molecule has 9 heteroatoms. The zero-order chi connectivity index (χ0) is 20.4. The predicted octanol–water partition coefficient (Wildman–Crippen LogP) is 4.17. The summed E-state index contributed by atoms with van der Waals surface area (Å²) in [5.74, 6) is -0.0387. The fourth-order valence-corrected chi connectivity index (χ4v) is 3.54. The molecule has 6 nitrogen and oxygen atoms in total. The van der Waals surface area contributed by atoms with Crippen molar-refractivity contribution >= 4 is 17.6 Å². The Morgan fingerprint density at radius 1 is 1.14 bits per heavy atom. The molecular weight excluding hydrogens is 400 g/mol. The third kappa shape index (κ3) is 4.62. The molecule has 3 aromatic rings. The summed E-state index contributed by atoms with van der Waals surface area (Å²) in [4.78, 5) is 5.34. The highest BCUT2D eigenvalue weighted by Gasteiger charge is 2.21. The third-order valence-electron chi connectivity index (χ3n) is 4.21. The first-order valence-electron chi connectivity index (χ1n) is 8.85. The lowest BCUT2D eigenvalue weighted by molar-refractivity contribution is -0.0498. The summed E-state index contributed by atoms with van der Waals surface area (Å²) in [7, 11) is 0. The molecule has 0 atom stereocenters. The van der Waals surface area contributed by atoms with Crippen LogP contribution in [0.1, 0.15) is 18.4 Å². The number of ether oxygens (including phenoxy) is 1. The number of rotatable bonds is 6. The van der Waals surface area contributed by atoms with Crippen molar-refractivity contribution in [2.24, 2.45) is 10.1 Å². The van der Waals surface area contributed by atoms with E-state index in [9.17, 15) is 19.0 Å². The van der Waals surface area contributed by atoms with Gasteiger partial charge in [0.25, 0.3) is 0 Å². The van der Waals surface area contributed by atoms with Gasteiger partial charge in [-0.2, -0.15) is 13.9 Å². The Morgan fingerprint density at radius 3 is 2.55 bits per heavy atom. The van der Waals surface area contributed by atoms with Crippen molar-refractivity contribution in [3.05, 3.63) is 58.2 Å². The minimum absolute atomic E-state index is 0.0365. The van der Waals surface area contributed by atoms with Crippen molar-refractivity contribution in [2.45, 2.75) is 25.5 Å². The molecule has 2 N–H and O–H groups in total. The molecule has 0 bridgehead atoms. The van der Waals surface area contributed by atoms with E-state index in [2.05, 4.69) is 14.8 Å². The quantitative estimate of drug-likeness (QED) is 0.591. The number of alkyl halides is 2. The minimum atomic E-state index is -2.87. The number of aromatic nitrogens is 1. The molecule has 4 rings (SSSR count). The summed E-state index contributed by atoms with van der Waals surface area (Å²) >= 11 is 1.40. The van der Waals surface area contributed by atoms with Crippen molar-refractivity contribution < 1.29 is 23.7 Å². The molecule has 1 aromatic heterocycles. The van der Waals surface area contributed by atoms with Gasteiger partial charge < -0.3 is 14.9 Å². The summed E-state index contributed by atoms with van der Waals surface area (Å²) in [5.41, 5.74) is 1.82. The van der Waals surface area contributed by atoms with Crippen LogP contribution in [0.3, 0.4) is 0 Å². The van der Waals surface area contributed by atoms with Crippen LogP contribution in [0.25, 0.3) is 11.3 Å². The second kappa shape index (κ2) is 8.04. The highest BCUT2D eigenvalue weighted by molar-refractivity contribution is 7.07. The molecule has 0 spiro atoms. The number of halogens is 2. The van der Waals surface area contributed by atoms with E-state index < -0.39 is 6.61 Å². The summed E-state index contributed by atoms with van der Waals surface area (Å²) in [5, 5.41) is 26.1. The standard InChI is InChI=1S/C20H17F2N3O3S/c21-19(22)28-15-6-1-12(2-7-15)10-23-25-17(11-29-20(25)24-13-3-4-13)16-8-5-14(26)9-18(16)27/h1-2,5-11,13,19,26-27H,3-4H2/b23-10+,24-20?. The van der Waals surface area contributed by atoms with Gasteiger partial charge in [0.05, 0.1) is 18.0 Å². The van der Waals surface area contributed by atoms with E-state index in [0.29, 0.717) is 21.6 Å². The fraction of sp³-hybridized carbons (Fsp3) is 0.200. The monoisotopic (exact) mass is 417 g/mol. The molecular formula is C20H17F2N3O3S. The van der Waals surface area contributed by atoms with Crippen LogP contribution >= 0.6 is 11.3 Å². The van der Waals surface area contributed by atoms with Gasteiger partial charge in [-0.1, -0.05) is 0 Å². The van der Waals surface area contributed by atoms with Gasteiger partial charge in [0.15, 0.2) is 0 Å². The highest BCUT2D eigenvalue weighted by atomic mass is 32.1. The Hall–Kier alpha value is -3.20. The van der Waals surface area contributed by atoms with E-state index >= 15 is 0 Å².